The molecule has 2 aliphatic rings. The molecule has 2 aliphatic carbocycles. The number of fused-ring (bicyclic) bond motifs is 1. The number of hydrogen-bond acceptors (Lipinski definition) is 1. The van der Waals surface area contributed by atoms with E-state index >= 15 is 0 Å². The van der Waals surface area contributed by atoms with Crippen molar-refractivity contribution in [2.75, 3.05) is 0 Å². The first kappa shape index (κ1) is 12.9. The first-order valence-corrected chi connectivity index (χ1v) is 7.77. The minimum absolute atomic E-state index is 0.152. The van der Waals surface area contributed by atoms with Crippen molar-refractivity contribution in [2.24, 2.45) is 0 Å². The minimum Gasteiger partial charge on any atom is -0.361 e. The largest absolute Gasteiger partial charge is 0.361 e. The smallest absolute Gasteiger partial charge is 0.230 e. The van der Waals surface area contributed by atoms with E-state index in [-0.39, 0.29) is 11.7 Å². The maximum atomic E-state index is 13.3. The Labute approximate surface area is 122 Å². The molecule has 4 rings (SSSR count). The van der Waals surface area contributed by atoms with Crippen LogP contribution in [0.15, 0.2) is 24.4 Å². The highest BCUT2D eigenvalue weighted by Crippen LogP contribution is 2.50. The van der Waals surface area contributed by atoms with E-state index in [1.807, 2.05) is 6.20 Å². The summed E-state index contributed by atoms with van der Waals surface area (Å²) in [6.07, 6.45) is 8.27. The number of halogens is 1. The van der Waals surface area contributed by atoms with Gasteiger partial charge in [0.25, 0.3) is 0 Å². The summed E-state index contributed by atoms with van der Waals surface area (Å²) >= 11 is 0. The second-order valence-corrected chi connectivity index (χ2v) is 6.43. The molecule has 2 saturated carbocycles. The molecule has 0 saturated heterocycles. The third-order valence-corrected chi connectivity index (χ3v) is 5.03. The number of benzene rings is 1. The van der Waals surface area contributed by atoms with Gasteiger partial charge in [0.1, 0.15) is 5.82 Å². The van der Waals surface area contributed by atoms with Crippen LogP contribution in [0, 0.1) is 5.82 Å². The summed E-state index contributed by atoms with van der Waals surface area (Å²) in [4.78, 5) is 15.8. The number of hydrogen-bond donors (Lipinski definition) is 2. The lowest BCUT2D eigenvalue weighted by molar-refractivity contribution is -0.124. The summed E-state index contributed by atoms with van der Waals surface area (Å²) in [5.74, 6) is -0.101. The Morgan fingerprint density at radius 3 is 2.76 bits per heavy atom. The SMILES string of the molecule is O=C(NC1CCCC1)C1(c2c[nH]c3cc(F)ccc23)CC1. The van der Waals surface area contributed by atoms with E-state index in [4.69, 9.17) is 0 Å². The maximum Gasteiger partial charge on any atom is 0.230 e. The normalized spacial score (nSPS) is 20.8. The zero-order valence-corrected chi connectivity index (χ0v) is 11.9. The van der Waals surface area contributed by atoms with Crippen molar-refractivity contribution in [3.8, 4) is 0 Å². The molecule has 2 aromatic rings. The van der Waals surface area contributed by atoms with Gasteiger partial charge >= 0.3 is 0 Å². The van der Waals surface area contributed by atoms with Crippen molar-refractivity contribution in [2.45, 2.75) is 50.0 Å². The molecule has 3 nitrogen and oxygen atoms in total. The number of H-pyrrole nitrogens is 1. The van der Waals surface area contributed by atoms with Gasteiger partial charge in [0, 0.05) is 23.1 Å². The third kappa shape index (κ3) is 2.04. The summed E-state index contributed by atoms with van der Waals surface area (Å²) in [7, 11) is 0. The Morgan fingerprint density at radius 2 is 2.05 bits per heavy atom. The molecular formula is C17H19FN2O. The fourth-order valence-electron chi connectivity index (χ4n) is 3.63. The van der Waals surface area contributed by atoms with Gasteiger partial charge in [-0.05, 0) is 49.4 Å². The van der Waals surface area contributed by atoms with E-state index in [1.54, 1.807) is 6.07 Å². The van der Waals surface area contributed by atoms with E-state index in [2.05, 4.69) is 10.3 Å². The van der Waals surface area contributed by atoms with Gasteiger partial charge in [-0.15, -0.1) is 0 Å². The van der Waals surface area contributed by atoms with Crippen LogP contribution in [-0.2, 0) is 10.2 Å². The highest BCUT2D eigenvalue weighted by Gasteiger charge is 2.52. The zero-order chi connectivity index (χ0) is 14.4. The highest BCUT2D eigenvalue weighted by molar-refractivity contribution is 5.97. The first-order valence-electron chi connectivity index (χ1n) is 7.77. The first-order chi connectivity index (χ1) is 10.2. The van der Waals surface area contributed by atoms with Crippen molar-refractivity contribution in [3.05, 3.63) is 35.8 Å². The molecule has 0 spiro atoms. The Kier molecular flexibility index (Phi) is 2.81. The van der Waals surface area contributed by atoms with Gasteiger partial charge < -0.3 is 10.3 Å². The third-order valence-electron chi connectivity index (χ3n) is 5.03. The molecule has 1 amide bonds. The van der Waals surface area contributed by atoms with Crippen LogP contribution < -0.4 is 5.32 Å². The van der Waals surface area contributed by atoms with Crippen molar-refractivity contribution >= 4 is 16.8 Å². The lowest BCUT2D eigenvalue weighted by atomic mass is 9.94. The van der Waals surface area contributed by atoms with Gasteiger partial charge in [-0.25, -0.2) is 4.39 Å². The molecule has 1 aromatic heterocycles. The number of amides is 1. The number of rotatable bonds is 3. The monoisotopic (exact) mass is 286 g/mol. The van der Waals surface area contributed by atoms with Gasteiger partial charge in [0.2, 0.25) is 5.91 Å². The lowest BCUT2D eigenvalue weighted by Crippen LogP contribution is -2.40. The molecule has 0 unspecified atom stereocenters. The van der Waals surface area contributed by atoms with Crippen LogP contribution in [0.25, 0.3) is 10.9 Å². The average molecular weight is 286 g/mol. The van der Waals surface area contributed by atoms with Gasteiger partial charge in [0.15, 0.2) is 0 Å². The van der Waals surface area contributed by atoms with Crippen LogP contribution in [0.3, 0.4) is 0 Å². The molecule has 0 aliphatic heterocycles. The second-order valence-electron chi connectivity index (χ2n) is 6.43. The molecule has 0 radical (unpaired) electrons. The Hall–Kier alpha value is -1.84. The Bertz CT molecular complexity index is 696. The second kappa shape index (κ2) is 4.58. The van der Waals surface area contributed by atoms with E-state index in [0.717, 1.165) is 42.1 Å². The topological polar surface area (TPSA) is 44.9 Å². The highest BCUT2D eigenvalue weighted by atomic mass is 19.1. The van der Waals surface area contributed by atoms with Crippen LogP contribution in [0.5, 0.6) is 0 Å². The van der Waals surface area contributed by atoms with E-state index in [1.165, 1.54) is 25.0 Å². The van der Waals surface area contributed by atoms with Crippen LogP contribution >= 0.6 is 0 Å². The molecule has 2 N–H and O–H groups in total. The molecule has 1 aromatic carbocycles. The van der Waals surface area contributed by atoms with Gasteiger partial charge in [-0.3, -0.25) is 4.79 Å². The molecule has 0 atom stereocenters. The Morgan fingerprint density at radius 1 is 1.29 bits per heavy atom. The molecule has 4 heteroatoms. The molecule has 2 fully saturated rings. The lowest BCUT2D eigenvalue weighted by Gasteiger charge is -2.18. The predicted octanol–water partition coefficient (Wildman–Crippen LogP) is 3.40. The standard InChI is InChI=1S/C17H19FN2O/c18-11-5-6-13-14(10-19-15(13)9-11)17(7-8-17)16(21)20-12-3-1-2-4-12/h5-6,9-10,12,19H,1-4,7-8H2,(H,20,21). The van der Waals surface area contributed by atoms with E-state index < -0.39 is 5.41 Å². The fourth-order valence-corrected chi connectivity index (χ4v) is 3.63. The summed E-state index contributed by atoms with van der Waals surface area (Å²) in [6, 6.07) is 5.08. The van der Waals surface area contributed by atoms with Crippen LogP contribution in [0.4, 0.5) is 4.39 Å². The zero-order valence-electron chi connectivity index (χ0n) is 11.9. The number of aromatic amines is 1. The van der Waals surface area contributed by atoms with Gasteiger partial charge in [-0.1, -0.05) is 12.8 Å². The summed E-state index contributed by atoms with van der Waals surface area (Å²) in [5.41, 5.74) is 1.40. The number of nitrogens with one attached hydrogen (secondary N) is 2. The number of aromatic nitrogens is 1. The van der Waals surface area contributed by atoms with E-state index in [9.17, 15) is 9.18 Å². The number of carbonyl (C=O) groups is 1. The summed E-state index contributed by atoms with van der Waals surface area (Å²) in [6.45, 7) is 0. The summed E-state index contributed by atoms with van der Waals surface area (Å²) in [5, 5.41) is 4.19. The van der Waals surface area contributed by atoms with Gasteiger partial charge in [-0.2, -0.15) is 0 Å². The fraction of sp³-hybridized carbons (Fsp3) is 0.471. The van der Waals surface area contributed by atoms with Gasteiger partial charge in [0.05, 0.1) is 5.41 Å². The molecule has 21 heavy (non-hydrogen) atoms. The minimum atomic E-state index is -0.390. The van der Waals surface area contributed by atoms with Crippen molar-refractivity contribution in [1.29, 1.82) is 0 Å². The van der Waals surface area contributed by atoms with Crippen molar-refractivity contribution in [3.63, 3.8) is 0 Å². The van der Waals surface area contributed by atoms with Crippen molar-refractivity contribution in [1.82, 2.24) is 10.3 Å². The Balaban J connectivity index is 1.65. The molecule has 110 valence electrons. The number of carbonyl (C=O) groups excluding carboxylic acids is 1. The molecule has 1 heterocycles. The van der Waals surface area contributed by atoms with Crippen LogP contribution in [0.1, 0.15) is 44.1 Å². The maximum absolute atomic E-state index is 13.3. The predicted molar refractivity (Wildman–Crippen MR) is 79.6 cm³/mol. The van der Waals surface area contributed by atoms with Crippen molar-refractivity contribution < 1.29 is 9.18 Å². The summed E-state index contributed by atoms with van der Waals surface area (Å²) < 4.78 is 13.3. The molecular weight excluding hydrogens is 267 g/mol. The average Bonchev–Trinajstić information content (AvgIpc) is 2.92. The quantitative estimate of drug-likeness (QED) is 0.892. The molecule has 0 bridgehead atoms. The van der Waals surface area contributed by atoms with E-state index in [0.29, 0.717) is 6.04 Å². The van der Waals surface area contributed by atoms with Crippen LogP contribution in [-0.4, -0.2) is 16.9 Å². The van der Waals surface area contributed by atoms with Crippen LogP contribution in [0.2, 0.25) is 0 Å².